The van der Waals surface area contributed by atoms with E-state index in [1.165, 1.54) is 4.90 Å². The van der Waals surface area contributed by atoms with Crippen molar-refractivity contribution in [1.82, 2.24) is 20.9 Å². The first-order chi connectivity index (χ1) is 19.7. The van der Waals surface area contributed by atoms with Crippen molar-refractivity contribution >= 4 is 35.3 Å². The number of carbonyl (C=O) groups is 6. The number of ketones is 2. The minimum absolute atomic E-state index is 0.0140. The Labute approximate surface area is 255 Å². The summed E-state index contributed by atoms with van der Waals surface area (Å²) in [6, 6.07) is -4.49. The second-order valence-electron chi connectivity index (χ2n) is 15.2. The molecule has 3 rings (SSSR count). The molecule has 0 bridgehead atoms. The average Bonchev–Trinajstić information content (AvgIpc) is 3.80. The number of urea groups is 1. The highest BCUT2D eigenvalue weighted by atomic mass is 16.2. The molecule has 0 aromatic carbocycles. The minimum Gasteiger partial charge on any atom is -0.363 e. The number of hydrogen-bond acceptors (Lipinski definition) is 6. The fraction of sp³-hybridized carbons (Fsp3) is 0.750. The number of nitrogens with zero attached hydrogens (tertiary/aromatic N) is 1. The van der Waals surface area contributed by atoms with Crippen LogP contribution in [0.5, 0.6) is 0 Å². The normalized spacial score (nSPS) is 22.9. The molecule has 3 fully saturated rings. The van der Waals surface area contributed by atoms with Crippen molar-refractivity contribution in [2.75, 3.05) is 6.54 Å². The molecule has 3 aliphatic rings. The lowest BCUT2D eigenvalue weighted by molar-refractivity contribution is -0.144. The van der Waals surface area contributed by atoms with Gasteiger partial charge in [-0.3, -0.25) is 24.0 Å². The molecule has 5 amide bonds. The lowest BCUT2D eigenvalue weighted by Crippen LogP contribution is -2.62. The molecule has 0 radical (unpaired) electrons. The molecule has 5 atom stereocenters. The van der Waals surface area contributed by atoms with Gasteiger partial charge in [-0.15, -0.1) is 0 Å². The van der Waals surface area contributed by atoms with Crippen LogP contribution in [0.1, 0.15) is 87.5 Å². The van der Waals surface area contributed by atoms with E-state index in [0.29, 0.717) is 12.0 Å². The van der Waals surface area contributed by atoms with Gasteiger partial charge >= 0.3 is 6.03 Å². The standard InChI is InChI=1S/C32H51N5O6/c1-16(2)21-17(3)15-37(22(21)28(41)34-20(14-18-10-11-18)24(39)27(33)40)29(42)26(32(7,8)9)36-30(43)35-25(31(4,5)6)23(38)19-12-13-19/h16,18-22,25-26H,3,10-15H2,1-2,4-9H3,(H2,33,40)(H,34,41)(H2,35,36,43)/t20?,21-,22-,25+,26+/m0/s1. The number of rotatable bonds is 12. The smallest absolute Gasteiger partial charge is 0.316 e. The first kappa shape index (κ1) is 34.3. The monoisotopic (exact) mass is 601 g/mol. The van der Waals surface area contributed by atoms with Crippen LogP contribution in [-0.2, 0) is 24.0 Å². The number of likely N-dealkylation sites (tertiary alicyclic amines) is 1. The van der Waals surface area contributed by atoms with E-state index in [-0.39, 0.29) is 30.1 Å². The highest BCUT2D eigenvalue weighted by Gasteiger charge is 2.50. The molecule has 2 saturated carbocycles. The Bertz CT molecular complexity index is 1160. The zero-order valence-electron chi connectivity index (χ0n) is 27.0. The summed E-state index contributed by atoms with van der Waals surface area (Å²) in [5.41, 5.74) is 4.67. The third-order valence-corrected chi connectivity index (χ3v) is 8.73. The molecule has 0 aromatic rings. The van der Waals surface area contributed by atoms with E-state index in [9.17, 15) is 28.8 Å². The summed E-state index contributed by atoms with van der Waals surface area (Å²) >= 11 is 0. The molecule has 1 unspecified atom stereocenters. The van der Waals surface area contributed by atoms with Crippen LogP contribution in [0.25, 0.3) is 0 Å². The molecular formula is C32H51N5O6. The van der Waals surface area contributed by atoms with Crippen molar-refractivity contribution in [3.8, 4) is 0 Å². The lowest BCUT2D eigenvalue weighted by Gasteiger charge is -2.37. The van der Waals surface area contributed by atoms with E-state index in [2.05, 4.69) is 22.5 Å². The Morgan fingerprint density at radius 3 is 1.86 bits per heavy atom. The number of primary amides is 1. The maximum absolute atomic E-state index is 14.3. The third kappa shape index (κ3) is 8.44. The maximum Gasteiger partial charge on any atom is 0.316 e. The number of hydrogen-bond donors (Lipinski definition) is 4. The van der Waals surface area contributed by atoms with Crippen molar-refractivity contribution in [3.63, 3.8) is 0 Å². The summed E-state index contributed by atoms with van der Waals surface area (Å²) in [5.74, 6) is -3.35. The fourth-order valence-electron chi connectivity index (χ4n) is 5.98. The van der Waals surface area contributed by atoms with Crippen LogP contribution in [0.4, 0.5) is 4.79 Å². The van der Waals surface area contributed by atoms with Crippen molar-refractivity contribution in [2.24, 2.45) is 40.2 Å². The summed E-state index contributed by atoms with van der Waals surface area (Å²) in [4.78, 5) is 80.2. The molecule has 1 aliphatic heterocycles. The van der Waals surface area contributed by atoms with Crippen molar-refractivity contribution in [2.45, 2.75) is 112 Å². The Hall–Kier alpha value is -3.24. The molecule has 1 heterocycles. The van der Waals surface area contributed by atoms with E-state index in [1.54, 1.807) is 0 Å². The molecule has 43 heavy (non-hydrogen) atoms. The van der Waals surface area contributed by atoms with Crippen LogP contribution >= 0.6 is 0 Å². The molecule has 0 spiro atoms. The lowest BCUT2D eigenvalue weighted by atomic mass is 9.82. The van der Waals surface area contributed by atoms with Gasteiger partial charge < -0.3 is 26.6 Å². The van der Waals surface area contributed by atoms with Gasteiger partial charge in [-0.2, -0.15) is 0 Å². The largest absolute Gasteiger partial charge is 0.363 e. The molecule has 2 aliphatic carbocycles. The van der Waals surface area contributed by atoms with E-state index in [0.717, 1.165) is 25.7 Å². The number of Topliss-reactive ketones (excluding diaryl/α,β-unsaturated/α-hetero) is 2. The molecule has 240 valence electrons. The van der Waals surface area contributed by atoms with Crippen molar-refractivity contribution in [3.05, 3.63) is 12.2 Å². The van der Waals surface area contributed by atoms with Gasteiger partial charge in [-0.25, -0.2) is 4.79 Å². The van der Waals surface area contributed by atoms with Gasteiger partial charge in [0.15, 0.2) is 5.78 Å². The van der Waals surface area contributed by atoms with E-state index in [1.807, 2.05) is 55.4 Å². The predicted octanol–water partition coefficient (Wildman–Crippen LogP) is 2.47. The number of amides is 5. The first-order valence-electron chi connectivity index (χ1n) is 15.5. The van der Waals surface area contributed by atoms with Crippen molar-refractivity contribution < 1.29 is 28.8 Å². The Kier molecular flexibility index (Phi) is 10.2. The molecular weight excluding hydrogens is 550 g/mol. The van der Waals surface area contributed by atoms with Crippen molar-refractivity contribution in [1.29, 1.82) is 0 Å². The second kappa shape index (κ2) is 12.8. The Morgan fingerprint density at radius 2 is 1.42 bits per heavy atom. The quantitative estimate of drug-likeness (QED) is 0.198. The fourth-order valence-corrected chi connectivity index (χ4v) is 5.98. The van der Waals surface area contributed by atoms with Gasteiger partial charge in [0, 0.05) is 18.4 Å². The molecule has 1 saturated heterocycles. The average molecular weight is 602 g/mol. The summed E-state index contributed by atoms with van der Waals surface area (Å²) in [6.07, 6.45) is 3.73. The summed E-state index contributed by atoms with van der Waals surface area (Å²) in [6.45, 7) is 19.2. The summed E-state index contributed by atoms with van der Waals surface area (Å²) < 4.78 is 0. The SMILES string of the molecule is C=C1CN(C(=O)[C@@H](NC(=O)N[C@H](C(=O)C2CC2)C(C)(C)C)C(C)(C)C)[C@H](C(=O)NC(CC2CC2)C(=O)C(N)=O)[C@H]1C(C)C. The zero-order chi connectivity index (χ0) is 32.6. The Morgan fingerprint density at radius 1 is 0.884 bits per heavy atom. The highest BCUT2D eigenvalue weighted by Crippen LogP contribution is 2.38. The van der Waals surface area contributed by atoms with E-state index in [4.69, 9.17) is 5.73 Å². The van der Waals surface area contributed by atoms with Gasteiger partial charge in [-0.05, 0) is 41.9 Å². The third-order valence-electron chi connectivity index (χ3n) is 8.73. The zero-order valence-corrected chi connectivity index (χ0v) is 27.0. The van der Waals surface area contributed by atoms with E-state index < -0.39 is 70.5 Å². The van der Waals surface area contributed by atoms with Gasteiger partial charge in [-0.1, -0.05) is 80.4 Å². The van der Waals surface area contributed by atoms with Crippen LogP contribution in [0.2, 0.25) is 0 Å². The maximum atomic E-state index is 14.3. The number of nitrogens with two attached hydrogens (primary N) is 1. The summed E-state index contributed by atoms with van der Waals surface area (Å²) in [7, 11) is 0. The Balaban J connectivity index is 1.87. The van der Waals surface area contributed by atoms with Crippen LogP contribution in [-0.4, -0.2) is 70.9 Å². The van der Waals surface area contributed by atoms with Crippen LogP contribution < -0.4 is 21.7 Å². The topological polar surface area (TPSA) is 168 Å². The number of nitrogens with one attached hydrogen (secondary N) is 3. The second-order valence-corrected chi connectivity index (χ2v) is 15.2. The summed E-state index contributed by atoms with van der Waals surface area (Å²) in [5, 5.41) is 8.36. The van der Waals surface area contributed by atoms with Gasteiger partial charge in [0.2, 0.25) is 17.6 Å². The molecule has 0 aromatic heterocycles. The molecule has 5 N–H and O–H groups in total. The van der Waals surface area contributed by atoms with Gasteiger partial charge in [0.05, 0.1) is 12.1 Å². The highest BCUT2D eigenvalue weighted by molar-refractivity contribution is 6.37. The number of carbonyl (C=O) groups excluding carboxylic acids is 6. The van der Waals surface area contributed by atoms with Gasteiger partial charge in [0.1, 0.15) is 12.1 Å². The van der Waals surface area contributed by atoms with Crippen LogP contribution in [0.3, 0.4) is 0 Å². The first-order valence-corrected chi connectivity index (χ1v) is 15.5. The van der Waals surface area contributed by atoms with Crippen LogP contribution in [0.15, 0.2) is 12.2 Å². The molecule has 11 heteroatoms. The van der Waals surface area contributed by atoms with Crippen LogP contribution in [0, 0.1) is 34.5 Å². The van der Waals surface area contributed by atoms with Gasteiger partial charge in [0.25, 0.3) is 5.91 Å². The van der Waals surface area contributed by atoms with E-state index >= 15 is 0 Å². The minimum atomic E-state index is -1.12. The molecule has 11 nitrogen and oxygen atoms in total. The predicted molar refractivity (Wildman–Crippen MR) is 162 cm³/mol.